The number of carbonyl (C=O) groups is 3. The molecule has 0 unspecified atom stereocenters. The first kappa shape index (κ1) is 20.6. The van der Waals surface area contributed by atoms with Gasteiger partial charge in [-0.1, -0.05) is 18.6 Å². The predicted molar refractivity (Wildman–Crippen MR) is 108 cm³/mol. The van der Waals surface area contributed by atoms with Crippen LogP contribution < -0.4 is 10.2 Å². The number of nitrogens with zero attached hydrogens (tertiary/aromatic N) is 2. The van der Waals surface area contributed by atoms with Crippen molar-refractivity contribution in [2.45, 2.75) is 32.1 Å². The monoisotopic (exact) mass is 407 g/mol. The molecule has 2 aliphatic heterocycles. The third-order valence-electron chi connectivity index (χ3n) is 6.28. The first-order valence-electron chi connectivity index (χ1n) is 9.64. The molecule has 1 aromatic carbocycles. The van der Waals surface area contributed by atoms with Crippen molar-refractivity contribution in [3.63, 3.8) is 0 Å². The summed E-state index contributed by atoms with van der Waals surface area (Å²) in [6.45, 7) is 1.94. The molecule has 152 valence electrons. The Balaban J connectivity index is 0.00000225. The van der Waals surface area contributed by atoms with E-state index in [2.05, 4.69) is 5.32 Å². The average Bonchev–Trinajstić information content (AvgIpc) is 3.29. The van der Waals surface area contributed by atoms with Gasteiger partial charge in [-0.2, -0.15) is 0 Å². The van der Waals surface area contributed by atoms with E-state index >= 15 is 0 Å². The second-order valence-electron chi connectivity index (χ2n) is 7.93. The summed E-state index contributed by atoms with van der Waals surface area (Å²) in [5.41, 5.74) is 0.680. The maximum atomic E-state index is 12.6. The summed E-state index contributed by atoms with van der Waals surface area (Å²) >= 11 is 0. The van der Waals surface area contributed by atoms with Gasteiger partial charge in [0.25, 0.3) is 0 Å². The number of para-hydroxylation sites is 2. The highest BCUT2D eigenvalue weighted by Crippen LogP contribution is 2.48. The minimum atomic E-state index is -0.731. The maximum absolute atomic E-state index is 12.6. The summed E-state index contributed by atoms with van der Waals surface area (Å²) in [5, 5.41) is 12.6. The fourth-order valence-electron chi connectivity index (χ4n) is 4.97. The number of likely N-dealkylation sites (tertiary alicyclic amines) is 1. The van der Waals surface area contributed by atoms with Crippen LogP contribution in [0.25, 0.3) is 0 Å². The van der Waals surface area contributed by atoms with E-state index in [0.717, 1.165) is 24.9 Å². The first-order valence-corrected chi connectivity index (χ1v) is 9.64. The molecule has 0 aromatic heterocycles. The van der Waals surface area contributed by atoms with Gasteiger partial charge in [0.1, 0.15) is 0 Å². The molecule has 3 aliphatic rings. The lowest BCUT2D eigenvalue weighted by molar-refractivity contribution is -0.149. The fraction of sp³-hybridized carbons (Fsp3) is 0.550. The minimum absolute atomic E-state index is 0. The normalized spacial score (nSPS) is 26.8. The zero-order valence-electron chi connectivity index (χ0n) is 15.7. The third-order valence-corrected chi connectivity index (χ3v) is 6.28. The first-order chi connectivity index (χ1) is 13.0. The van der Waals surface area contributed by atoms with Crippen LogP contribution in [0.15, 0.2) is 24.3 Å². The van der Waals surface area contributed by atoms with Crippen LogP contribution in [0.1, 0.15) is 32.1 Å². The largest absolute Gasteiger partial charge is 0.481 e. The van der Waals surface area contributed by atoms with Crippen LogP contribution in [0, 0.1) is 11.3 Å². The van der Waals surface area contributed by atoms with Gasteiger partial charge in [-0.15, -0.1) is 12.4 Å². The molecule has 0 spiro atoms. The SMILES string of the molecule is Cl.O=C(CN1C[C@@H]2CCC[C@@]2(C(=O)O)C1)Nc1ccccc1N1CCCC1=O. The van der Waals surface area contributed by atoms with Gasteiger partial charge in [0, 0.05) is 26.1 Å². The molecule has 1 aromatic rings. The highest BCUT2D eigenvalue weighted by Gasteiger charge is 2.54. The standard InChI is InChI=1S/C20H25N3O4.ClH/c24-17(12-22-11-14-5-3-9-20(14,13-22)19(26)27)21-15-6-1-2-7-16(15)23-10-4-8-18(23)25;/h1-2,6-7,14H,3-5,8-13H2,(H,21,24)(H,26,27);1H/t14-,20+;/m0./s1. The molecule has 0 bridgehead atoms. The molecule has 2 saturated heterocycles. The van der Waals surface area contributed by atoms with Gasteiger partial charge < -0.3 is 15.3 Å². The molecular weight excluding hydrogens is 382 g/mol. The van der Waals surface area contributed by atoms with Gasteiger partial charge in [-0.25, -0.2) is 0 Å². The Bertz CT molecular complexity index is 786. The Hall–Kier alpha value is -2.12. The van der Waals surface area contributed by atoms with Gasteiger partial charge in [0.05, 0.1) is 23.3 Å². The van der Waals surface area contributed by atoms with E-state index in [-0.39, 0.29) is 36.7 Å². The molecule has 0 radical (unpaired) electrons. The quantitative estimate of drug-likeness (QED) is 0.782. The van der Waals surface area contributed by atoms with Crippen LogP contribution in [0.2, 0.25) is 0 Å². The Kier molecular flexibility index (Phi) is 5.95. The number of carboxylic acids is 1. The van der Waals surface area contributed by atoms with Crippen molar-refractivity contribution in [1.29, 1.82) is 0 Å². The van der Waals surface area contributed by atoms with Gasteiger partial charge >= 0.3 is 5.97 Å². The van der Waals surface area contributed by atoms with Gasteiger partial charge in [0.2, 0.25) is 11.8 Å². The zero-order valence-corrected chi connectivity index (χ0v) is 16.5. The van der Waals surface area contributed by atoms with E-state index in [1.165, 1.54) is 0 Å². The molecule has 28 heavy (non-hydrogen) atoms. The van der Waals surface area contributed by atoms with E-state index in [1.807, 2.05) is 23.1 Å². The lowest BCUT2D eigenvalue weighted by atomic mass is 9.81. The summed E-state index contributed by atoms with van der Waals surface area (Å²) in [4.78, 5) is 40.1. The Morgan fingerprint density at radius 2 is 2.04 bits per heavy atom. The van der Waals surface area contributed by atoms with Crippen molar-refractivity contribution >= 4 is 41.6 Å². The molecule has 1 aliphatic carbocycles. The molecule has 8 heteroatoms. The number of aliphatic carboxylic acids is 1. The molecule has 2 atom stereocenters. The van der Waals surface area contributed by atoms with Gasteiger partial charge in [-0.05, 0) is 37.3 Å². The van der Waals surface area contributed by atoms with Crippen molar-refractivity contribution in [3.05, 3.63) is 24.3 Å². The number of fused-ring (bicyclic) bond motifs is 1. The molecule has 3 fully saturated rings. The number of hydrogen-bond acceptors (Lipinski definition) is 4. The highest BCUT2D eigenvalue weighted by molar-refractivity contribution is 6.02. The number of halogens is 1. The number of amides is 2. The van der Waals surface area contributed by atoms with Crippen molar-refractivity contribution in [2.75, 3.05) is 36.4 Å². The number of benzene rings is 1. The zero-order chi connectivity index (χ0) is 19.0. The number of carbonyl (C=O) groups excluding carboxylic acids is 2. The highest BCUT2D eigenvalue weighted by atomic mass is 35.5. The lowest BCUT2D eigenvalue weighted by Crippen LogP contribution is -2.37. The van der Waals surface area contributed by atoms with Gasteiger partial charge in [0.15, 0.2) is 0 Å². The van der Waals surface area contributed by atoms with Crippen LogP contribution in [-0.4, -0.2) is 54.0 Å². The van der Waals surface area contributed by atoms with Crippen molar-refractivity contribution < 1.29 is 19.5 Å². The maximum Gasteiger partial charge on any atom is 0.311 e. The Labute approximate surface area is 170 Å². The summed E-state index contributed by atoms with van der Waals surface area (Å²) < 4.78 is 0. The van der Waals surface area contributed by atoms with Crippen LogP contribution in [0.3, 0.4) is 0 Å². The third kappa shape index (κ3) is 3.61. The van der Waals surface area contributed by atoms with Crippen molar-refractivity contribution in [3.8, 4) is 0 Å². The molecule has 7 nitrogen and oxygen atoms in total. The Morgan fingerprint density at radius 3 is 2.71 bits per heavy atom. The molecule has 2 heterocycles. The van der Waals surface area contributed by atoms with E-state index in [1.54, 1.807) is 11.0 Å². The molecular formula is C20H26ClN3O4. The molecule has 1 saturated carbocycles. The topological polar surface area (TPSA) is 89.9 Å². The van der Waals surface area contributed by atoms with Crippen molar-refractivity contribution in [1.82, 2.24) is 4.90 Å². The number of rotatable bonds is 5. The lowest BCUT2D eigenvalue weighted by Gasteiger charge is -2.23. The fourth-order valence-corrected chi connectivity index (χ4v) is 4.97. The number of nitrogens with one attached hydrogen (secondary N) is 1. The predicted octanol–water partition coefficient (Wildman–Crippen LogP) is 2.36. The van der Waals surface area contributed by atoms with E-state index < -0.39 is 11.4 Å². The summed E-state index contributed by atoms with van der Waals surface area (Å²) in [6.07, 6.45) is 3.94. The number of carboxylic acid groups (broad SMARTS) is 1. The van der Waals surface area contributed by atoms with Crippen molar-refractivity contribution in [2.24, 2.45) is 11.3 Å². The second-order valence-corrected chi connectivity index (χ2v) is 7.93. The van der Waals surface area contributed by atoms with Gasteiger partial charge in [-0.3, -0.25) is 19.3 Å². The smallest absolute Gasteiger partial charge is 0.311 e. The van der Waals surface area contributed by atoms with E-state index in [9.17, 15) is 19.5 Å². The molecule has 2 amide bonds. The minimum Gasteiger partial charge on any atom is -0.481 e. The van der Waals surface area contributed by atoms with Crippen LogP contribution in [0.4, 0.5) is 11.4 Å². The van der Waals surface area contributed by atoms with Crippen LogP contribution in [0.5, 0.6) is 0 Å². The Morgan fingerprint density at radius 1 is 1.25 bits per heavy atom. The molecule has 2 N–H and O–H groups in total. The van der Waals surface area contributed by atoms with E-state index in [0.29, 0.717) is 38.2 Å². The van der Waals surface area contributed by atoms with Crippen LogP contribution in [-0.2, 0) is 14.4 Å². The molecule has 4 rings (SSSR count). The number of anilines is 2. The summed E-state index contributed by atoms with van der Waals surface area (Å²) in [5.74, 6) is -0.690. The van der Waals surface area contributed by atoms with E-state index in [4.69, 9.17) is 0 Å². The van der Waals surface area contributed by atoms with Crippen LogP contribution >= 0.6 is 12.4 Å². The second kappa shape index (κ2) is 8.09. The number of hydrogen-bond donors (Lipinski definition) is 2. The summed E-state index contributed by atoms with van der Waals surface area (Å²) in [6, 6.07) is 7.34. The average molecular weight is 408 g/mol. The summed E-state index contributed by atoms with van der Waals surface area (Å²) in [7, 11) is 0.